The Labute approximate surface area is 267 Å². The Morgan fingerprint density at radius 3 is 2.63 bits per heavy atom. The molecule has 0 radical (unpaired) electrons. The van der Waals surface area contributed by atoms with Crippen molar-refractivity contribution in [3.05, 3.63) is 42.2 Å². The number of aromatic nitrogens is 4. The Kier molecular flexibility index (Phi) is 10.3. The number of alkyl halides is 2. The molecule has 3 aliphatic rings. The maximum atomic E-state index is 14.0. The predicted molar refractivity (Wildman–Crippen MR) is 170 cm³/mol. The molecule has 0 unspecified atom stereocenters. The van der Waals surface area contributed by atoms with Gasteiger partial charge in [0.05, 0.1) is 11.7 Å². The van der Waals surface area contributed by atoms with E-state index in [0.717, 1.165) is 44.9 Å². The van der Waals surface area contributed by atoms with E-state index in [9.17, 15) is 18.4 Å². The first-order valence-electron chi connectivity index (χ1n) is 16.6. The molecule has 2 aliphatic carbocycles. The van der Waals surface area contributed by atoms with Gasteiger partial charge in [0.1, 0.15) is 12.1 Å². The van der Waals surface area contributed by atoms with Crippen LogP contribution < -0.4 is 16.0 Å². The molecule has 0 spiro atoms. The Morgan fingerprint density at radius 2 is 1.89 bits per heavy atom. The molecule has 3 aromatic heterocycles. The summed E-state index contributed by atoms with van der Waals surface area (Å²) in [6.07, 6.45) is 11.1. The first kappa shape index (κ1) is 32.1. The van der Waals surface area contributed by atoms with Crippen molar-refractivity contribution in [2.75, 3.05) is 43.9 Å². The molecule has 3 aromatic rings. The number of hydrogen-bond donors (Lipinski definition) is 3. The highest BCUT2D eigenvalue weighted by Gasteiger charge is 2.31. The van der Waals surface area contributed by atoms with Crippen molar-refractivity contribution in [1.82, 2.24) is 30.0 Å². The van der Waals surface area contributed by atoms with Crippen molar-refractivity contribution in [3.8, 4) is 11.5 Å². The van der Waals surface area contributed by atoms with Crippen LogP contribution in [0.5, 0.6) is 0 Å². The van der Waals surface area contributed by atoms with Crippen LogP contribution in [0.2, 0.25) is 0 Å². The highest BCUT2D eigenvalue weighted by atomic mass is 19.3. The number of piperidine rings is 1. The number of nitrogens with zero attached hydrogens (tertiary/aromatic N) is 5. The number of oxazole rings is 1. The molecule has 0 atom stereocenters. The van der Waals surface area contributed by atoms with Crippen LogP contribution in [0.4, 0.5) is 20.3 Å². The van der Waals surface area contributed by atoms with Crippen LogP contribution in [0, 0.1) is 17.8 Å². The van der Waals surface area contributed by atoms with Crippen LogP contribution in [0.3, 0.4) is 0 Å². The van der Waals surface area contributed by atoms with Gasteiger partial charge < -0.3 is 25.3 Å². The molecule has 0 aromatic carbocycles. The topological polar surface area (TPSA) is 130 Å². The van der Waals surface area contributed by atoms with Gasteiger partial charge in [0, 0.05) is 44.0 Å². The van der Waals surface area contributed by atoms with Crippen LogP contribution in [-0.4, -0.2) is 69.7 Å². The van der Waals surface area contributed by atoms with Gasteiger partial charge in [-0.05, 0) is 101 Å². The minimum atomic E-state index is -2.88. The summed E-state index contributed by atoms with van der Waals surface area (Å²) < 4.78 is 35.0. The Bertz CT molecular complexity index is 1470. The number of carbonyl (C=O) groups excluding carboxylic acids is 2. The van der Waals surface area contributed by atoms with Crippen LogP contribution in [0.1, 0.15) is 92.9 Å². The molecule has 3 fully saturated rings. The largest absolute Gasteiger partial charge is 0.444 e. The average Bonchev–Trinajstić information content (AvgIpc) is 3.59. The average molecular weight is 639 g/mol. The van der Waals surface area contributed by atoms with E-state index in [-0.39, 0.29) is 35.1 Å². The molecule has 11 nitrogen and oxygen atoms in total. The minimum absolute atomic E-state index is 0.0360. The van der Waals surface area contributed by atoms with Crippen LogP contribution in [-0.2, 0) is 4.79 Å². The van der Waals surface area contributed by atoms with Gasteiger partial charge in [-0.2, -0.15) is 5.10 Å². The molecular formula is C33H44F2N8O3. The van der Waals surface area contributed by atoms with E-state index >= 15 is 0 Å². The Hall–Kier alpha value is -3.87. The SMILES string of the molecule is CN(CCCC1CCNCC1)C(=O)C1CCC(n2cc(NC(=O)c3coc(-c4ccnc(NCC5CC5)c4)n3)c(C(F)F)n2)CC1. The lowest BCUT2D eigenvalue weighted by Crippen LogP contribution is -2.36. The van der Waals surface area contributed by atoms with Crippen LogP contribution in [0.15, 0.2) is 35.2 Å². The van der Waals surface area contributed by atoms with Crippen molar-refractivity contribution in [2.45, 2.75) is 76.7 Å². The predicted octanol–water partition coefficient (Wildman–Crippen LogP) is 5.91. The van der Waals surface area contributed by atoms with E-state index < -0.39 is 18.0 Å². The number of carbonyl (C=O) groups is 2. The number of halogens is 2. The van der Waals surface area contributed by atoms with Gasteiger partial charge in [-0.3, -0.25) is 14.3 Å². The summed E-state index contributed by atoms with van der Waals surface area (Å²) in [6.45, 7) is 3.78. The zero-order valence-electron chi connectivity index (χ0n) is 26.4. The van der Waals surface area contributed by atoms with Gasteiger partial charge in [-0.15, -0.1) is 0 Å². The Morgan fingerprint density at radius 1 is 1.11 bits per heavy atom. The van der Waals surface area contributed by atoms with Gasteiger partial charge in [0.2, 0.25) is 11.8 Å². The second-order valence-electron chi connectivity index (χ2n) is 13.1. The van der Waals surface area contributed by atoms with E-state index in [2.05, 4.69) is 31.0 Å². The number of pyridine rings is 1. The number of amides is 2. The van der Waals surface area contributed by atoms with Crippen molar-refractivity contribution in [1.29, 1.82) is 0 Å². The molecule has 2 amide bonds. The van der Waals surface area contributed by atoms with Gasteiger partial charge in [-0.1, -0.05) is 0 Å². The quantitative estimate of drug-likeness (QED) is 0.211. The molecule has 3 N–H and O–H groups in total. The summed E-state index contributed by atoms with van der Waals surface area (Å²) in [5.74, 6) is 1.76. The van der Waals surface area contributed by atoms with E-state index in [4.69, 9.17) is 4.42 Å². The summed E-state index contributed by atoms with van der Waals surface area (Å²) in [6, 6.07) is 3.39. The lowest BCUT2D eigenvalue weighted by Gasteiger charge is -2.31. The summed E-state index contributed by atoms with van der Waals surface area (Å²) in [4.78, 5) is 36.6. The molecule has 13 heteroatoms. The van der Waals surface area contributed by atoms with Crippen LogP contribution >= 0.6 is 0 Å². The number of nitrogens with one attached hydrogen (secondary N) is 3. The third-order valence-electron chi connectivity index (χ3n) is 9.59. The lowest BCUT2D eigenvalue weighted by atomic mass is 9.85. The van der Waals surface area contributed by atoms with Crippen molar-refractivity contribution in [3.63, 3.8) is 0 Å². The van der Waals surface area contributed by atoms with Crippen LogP contribution in [0.25, 0.3) is 11.5 Å². The third-order valence-corrected chi connectivity index (χ3v) is 9.59. The molecule has 4 heterocycles. The Balaban J connectivity index is 1.02. The second-order valence-corrected chi connectivity index (χ2v) is 13.1. The molecule has 0 bridgehead atoms. The highest BCUT2D eigenvalue weighted by Crippen LogP contribution is 2.36. The minimum Gasteiger partial charge on any atom is -0.444 e. The van der Waals surface area contributed by atoms with E-state index in [1.165, 1.54) is 42.8 Å². The van der Waals surface area contributed by atoms with Gasteiger partial charge >= 0.3 is 0 Å². The molecule has 1 aliphatic heterocycles. The molecule has 2 saturated carbocycles. The van der Waals surface area contributed by atoms with E-state index in [0.29, 0.717) is 43.0 Å². The van der Waals surface area contributed by atoms with Crippen molar-refractivity contribution >= 4 is 23.3 Å². The fourth-order valence-corrected chi connectivity index (χ4v) is 6.57. The second kappa shape index (κ2) is 14.7. The molecule has 1 saturated heterocycles. The monoisotopic (exact) mass is 638 g/mol. The third kappa shape index (κ3) is 8.09. The zero-order valence-corrected chi connectivity index (χ0v) is 26.4. The maximum Gasteiger partial charge on any atom is 0.284 e. The first-order chi connectivity index (χ1) is 22.3. The fraction of sp³-hybridized carbons (Fsp3) is 0.606. The van der Waals surface area contributed by atoms with E-state index in [1.54, 1.807) is 18.3 Å². The molecule has 248 valence electrons. The standard InChI is InChI=1S/C33H44F2N8O3/c1-42(16-2-3-21-10-13-36-14-11-21)33(45)23-6-8-25(9-7-23)43-19-26(29(41-43)30(34)35)39-31(44)27-20-46-32(40-27)24-12-15-37-28(17-24)38-18-22-4-5-22/h12,15,17,19-23,25,30,36H,2-11,13-14,16,18H2,1H3,(H,37,38)(H,39,44). The van der Waals surface area contributed by atoms with Gasteiger partial charge in [0.25, 0.3) is 12.3 Å². The maximum absolute atomic E-state index is 14.0. The lowest BCUT2D eigenvalue weighted by molar-refractivity contribution is -0.135. The van der Waals surface area contributed by atoms with Crippen molar-refractivity contribution < 1.29 is 22.8 Å². The summed E-state index contributed by atoms with van der Waals surface area (Å²) >= 11 is 0. The van der Waals surface area contributed by atoms with Crippen molar-refractivity contribution in [2.24, 2.45) is 17.8 Å². The van der Waals surface area contributed by atoms with Gasteiger partial charge in [-0.25, -0.2) is 18.7 Å². The van der Waals surface area contributed by atoms with E-state index in [1.807, 2.05) is 11.9 Å². The summed E-state index contributed by atoms with van der Waals surface area (Å²) in [7, 11) is 1.88. The van der Waals surface area contributed by atoms with Gasteiger partial charge in [0.15, 0.2) is 11.4 Å². The first-order valence-corrected chi connectivity index (χ1v) is 16.6. The zero-order chi connectivity index (χ0) is 32.0. The number of rotatable bonds is 13. The molecule has 6 rings (SSSR count). The smallest absolute Gasteiger partial charge is 0.284 e. The molecule has 46 heavy (non-hydrogen) atoms. The highest BCUT2D eigenvalue weighted by molar-refractivity contribution is 6.03. The fourth-order valence-electron chi connectivity index (χ4n) is 6.57. The normalized spacial score (nSPS) is 20.5. The number of anilines is 2. The summed E-state index contributed by atoms with van der Waals surface area (Å²) in [5, 5.41) is 13.4. The number of hydrogen-bond acceptors (Lipinski definition) is 8. The molecular weight excluding hydrogens is 594 g/mol. The summed E-state index contributed by atoms with van der Waals surface area (Å²) in [5.41, 5.74) is 0.0491.